The van der Waals surface area contributed by atoms with Crippen molar-refractivity contribution in [1.29, 1.82) is 0 Å². The second-order valence-electron chi connectivity index (χ2n) is 15.9. The molecule has 0 aliphatic heterocycles. The molecule has 0 unspecified atom stereocenters. The van der Waals surface area contributed by atoms with Gasteiger partial charge in [-0.1, -0.05) is 218 Å². The first-order valence-corrected chi connectivity index (χ1v) is 20.9. The van der Waals surface area contributed by atoms with E-state index in [0.717, 1.165) is 16.7 Å². The first-order valence-electron chi connectivity index (χ1n) is 20.9. The van der Waals surface area contributed by atoms with Gasteiger partial charge in [0.15, 0.2) is 17.5 Å². The third-order valence-corrected chi connectivity index (χ3v) is 12.6. The van der Waals surface area contributed by atoms with E-state index in [1.807, 2.05) is 60.7 Å². The van der Waals surface area contributed by atoms with E-state index in [1.165, 1.54) is 76.8 Å². The Morgan fingerprint density at radius 2 is 0.590 bits per heavy atom. The summed E-state index contributed by atoms with van der Waals surface area (Å²) in [6.45, 7) is 0. The lowest BCUT2D eigenvalue weighted by Gasteiger charge is -2.34. The van der Waals surface area contributed by atoms with Crippen LogP contribution in [0.2, 0.25) is 0 Å². The van der Waals surface area contributed by atoms with Gasteiger partial charge in [0.2, 0.25) is 0 Å². The molecule has 0 spiro atoms. The topological polar surface area (TPSA) is 38.7 Å². The van der Waals surface area contributed by atoms with E-state index in [0.29, 0.717) is 17.5 Å². The van der Waals surface area contributed by atoms with Gasteiger partial charge < -0.3 is 0 Å². The van der Waals surface area contributed by atoms with Gasteiger partial charge in [0.25, 0.3) is 0 Å². The summed E-state index contributed by atoms with van der Waals surface area (Å²) >= 11 is 0. The van der Waals surface area contributed by atoms with Gasteiger partial charge in [0.1, 0.15) is 0 Å². The Morgan fingerprint density at radius 3 is 1.07 bits per heavy atom. The number of rotatable bonds is 6. The second kappa shape index (κ2) is 14.1. The number of hydrogen-bond acceptors (Lipinski definition) is 3. The maximum atomic E-state index is 5.04. The van der Waals surface area contributed by atoms with E-state index in [4.69, 9.17) is 15.0 Å². The first kappa shape index (κ1) is 35.0. The average Bonchev–Trinajstić information content (AvgIpc) is 3.65. The summed E-state index contributed by atoms with van der Waals surface area (Å²) in [5, 5.41) is 7.69. The zero-order chi connectivity index (χ0) is 40.3. The Bertz CT molecular complexity index is 3310. The van der Waals surface area contributed by atoms with Crippen molar-refractivity contribution in [2.45, 2.75) is 5.41 Å². The number of nitrogens with zero attached hydrogens (tertiary/aromatic N) is 3. The minimum absolute atomic E-state index is 0.549. The average molecular weight is 776 g/mol. The van der Waals surface area contributed by atoms with Gasteiger partial charge in [0.05, 0.1) is 5.41 Å². The molecule has 0 amide bonds. The van der Waals surface area contributed by atoms with Gasteiger partial charge in [-0.3, -0.25) is 0 Å². The van der Waals surface area contributed by atoms with Crippen LogP contribution in [0, 0.1) is 0 Å². The van der Waals surface area contributed by atoms with Crippen LogP contribution in [0.4, 0.5) is 0 Å². The maximum absolute atomic E-state index is 5.04. The molecule has 0 saturated carbocycles. The number of aromatic nitrogens is 3. The van der Waals surface area contributed by atoms with Crippen molar-refractivity contribution in [3.63, 3.8) is 0 Å². The van der Waals surface area contributed by atoms with Crippen LogP contribution in [0.1, 0.15) is 22.3 Å². The molecule has 0 bridgehead atoms. The van der Waals surface area contributed by atoms with Crippen LogP contribution in [0.3, 0.4) is 0 Å². The molecule has 3 heteroatoms. The third-order valence-electron chi connectivity index (χ3n) is 12.6. The standard InChI is InChI=1S/C58H37N3/c1-3-15-39(16-4-1)55-59-56(40-17-5-2-6-18-40)61-57(60-55)41-29-34-44(35-30-41)58(53-25-13-11-23-50(53)51-24-12-14-26-54(51)58)43-32-27-38(28-33-43)42-31-36-49-47-21-8-7-19-45(47)46-20-9-10-22-48(46)52(49)37-42/h1-37H. The highest BCUT2D eigenvalue weighted by Crippen LogP contribution is 2.56. The van der Waals surface area contributed by atoms with Crippen LogP contribution >= 0.6 is 0 Å². The molecule has 0 atom stereocenters. The Balaban J connectivity index is 1.00. The van der Waals surface area contributed by atoms with Crippen molar-refractivity contribution < 1.29 is 0 Å². The van der Waals surface area contributed by atoms with E-state index < -0.39 is 5.41 Å². The van der Waals surface area contributed by atoms with E-state index in [2.05, 4.69) is 164 Å². The molecule has 1 aliphatic rings. The molecule has 0 radical (unpaired) electrons. The smallest absolute Gasteiger partial charge is 0.164 e. The largest absolute Gasteiger partial charge is 0.208 e. The second-order valence-corrected chi connectivity index (χ2v) is 15.9. The molecule has 10 aromatic carbocycles. The lowest BCUT2D eigenvalue weighted by atomic mass is 9.67. The molecule has 1 aliphatic carbocycles. The van der Waals surface area contributed by atoms with E-state index in [1.54, 1.807) is 0 Å². The molecule has 3 nitrogen and oxygen atoms in total. The van der Waals surface area contributed by atoms with Crippen molar-refractivity contribution in [1.82, 2.24) is 15.0 Å². The third kappa shape index (κ3) is 5.55. The first-order chi connectivity index (χ1) is 30.2. The van der Waals surface area contributed by atoms with Crippen molar-refractivity contribution >= 4 is 32.3 Å². The molecular formula is C58H37N3. The fourth-order valence-electron chi connectivity index (χ4n) is 9.83. The number of benzene rings is 10. The highest BCUT2D eigenvalue weighted by molar-refractivity contribution is 6.25. The number of fused-ring (bicyclic) bond motifs is 9. The van der Waals surface area contributed by atoms with Gasteiger partial charge in [-0.2, -0.15) is 0 Å². The lowest BCUT2D eigenvalue weighted by molar-refractivity contribution is 0.768. The molecule has 11 aromatic rings. The zero-order valence-corrected chi connectivity index (χ0v) is 33.2. The summed E-state index contributed by atoms with van der Waals surface area (Å²) in [6, 6.07) is 80.8. The molecule has 0 fully saturated rings. The van der Waals surface area contributed by atoms with E-state index in [-0.39, 0.29) is 0 Å². The van der Waals surface area contributed by atoms with Crippen LogP contribution in [0.15, 0.2) is 224 Å². The van der Waals surface area contributed by atoms with Gasteiger partial charge in [-0.15, -0.1) is 0 Å². The molecule has 0 saturated heterocycles. The summed E-state index contributed by atoms with van der Waals surface area (Å²) < 4.78 is 0. The van der Waals surface area contributed by atoms with Crippen molar-refractivity contribution in [2.24, 2.45) is 0 Å². The fourth-order valence-corrected chi connectivity index (χ4v) is 9.83. The zero-order valence-electron chi connectivity index (χ0n) is 33.2. The molecule has 284 valence electrons. The van der Waals surface area contributed by atoms with Gasteiger partial charge >= 0.3 is 0 Å². The summed E-state index contributed by atoms with van der Waals surface area (Å²) in [6.07, 6.45) is 0. The van der Waals surface area contributed by atoms with Crippen LogP contribution in [-0.2, 0) is 5.41 Å². The van der Waals surface area contributed by atoms with Gasteiger partial charge in [-0.05, 0) is 82.9 Å². The van der Waals surface area contributed by atoms with Crippen molar-refractivity contribution in [3.8, 4) is 56.4 Å². The van der Waals surface area contributed by atoms with Gasteiger partial charge in [0, 0.05) is 16.7 Å². The minimum Gasteiger partial charge on any atom is -0.208 e. The summed E-state index contributed by atoms with van der Waals surface area (Å²) in [4.78, 5) is 15.0. The lowest BCUT2D eigenvalue weighted by Crippen LogP contribution is -2.28. The molecule has 61 heavy (non-hydrogen) atoms. The SMILES string of the molecule is c1ccc(-c2nc(-c3ccccc3)nc(-c3ccc(C4(c5ccc(-c6ccc7c8ccccc8c8ccccc8c7c6)cc5)c5ccccc5-c5ccccc54)cc3)n2)cc1. The quantitative estimate of drug-likeness (QED) is 0.158. The minimum atomic E-state index is -0.549. The van der Waals surface area contributed by atoms with Gasteiger partial charge in [-0.25, -0.2) is 15.0 Å². The highest BCUT2D eigenvalue weighted by Gasteiger charge is 2.45. The van der Waals surface area contributed by atoms with Crippen LogP contribution in [0.5, 0.6) is 0 Å². The molecule has 1 aromatic heterocycles. The van der Waals surface area contributed by atoms with Crippen molar-refractivity contribution in [2.75, 3.05) is 0 Å². The number of hydrogen-bond donors (Lipinski definition) is 0. The Labute approximate surface area is 354 Å². The van der Waals surface area contributed by atoms with Crippen LogP contribution in [0.25, 0.3) is 88.7 Å². The summed E-state index contributed by atoms with van der Waals surface area (Å²) in [5.74, 6) is 1.94. The molecule has 12 rings (SSSR count). The Hall–Kier alpha value is -8.01. The maximum Gasteiger partial charge on any atom is 0.164 e. The van der Waals surface area contributed by atoms with Crippen LogP contribution in [-0.4, -0.2) is 15.0 Å². The Kier molecular flexibility index (Phi) is 8.07. The predicted molar refractivity (Wildman–Crippen MR) is 251 cm³/mol. The normalized spacial score (nSPS) is 12.7. The fraction of sp³-hybridized carbons (Fsp3) is 0.0172. The predicted octanol–water partition coefficient (Wildman–Crippen LogP) is 14.4. The highest BCUT2D eigenvalue weighted by atomic mass is 15.0. The molecule has 0 N–H and O–H groups in total. The van der Waals surface area contributed by atoms with Crippen LogP contribution < -0.4 is 0 Å². The molecule has 1 heterocycles. The Morgan fingerprint density at radius 1 is 0.246 bits per heavy atom. The van der Waals surface area contributed by atoms with Crippen molar-refractivity contribution in [3.05, 3.63) is 247 Å². The summed E-state index contributed by atoms with van der Waals surface area (Å²) in [7, 11) is 0. The monoisotopic (exact) mass is 775 g/mol. The van der Waals surface area contributed by atoms with E-state index >= 15 is 0 Å². The van der Waals surface area contributed by atoms with E-state index in [9.17, 15) is 0 Å². The molecular weight excluding hydrogens is 739 g/mol. The summed E-state index contributed by atoms with van der Waals surface area (Å²) in [5.41, 5.74) is 12.2.